The molecule has 0 aromatic carbocycles. The van der Waals surface area contributed by atoms with Gasteiger partial charge in [-0.15, -0.1) is 0 Å². The first-order valence-corrected chi connectivity index (χ1v) is 10.4. The summed E-state index contributed by atoms with van der Waals surface area (Å²) in [5.41, 5.74) is 1.02. The summed E-state index contributed by atoms with van der Waals surface area (Å²) in [6.45, 7) is -0.386. The molecule has 26 heavy (non-hydrogen) atoms. The smallest absolute Gasteiger partial charge is 0.167 e. The van der Waals surface area contributed by atoms with E-state index in [4.69, 9.17) is 4.74 Å². The molecule has 2 aliphatic rings. The van der Waals surface area contributed by atoms with E-state index in [0.29, 0.717) is 22.9 Å². The lowest BCUT2D eigenvalue weighted by atomic mass is 10.1. The molecule has 0 radical (unpaired) electrons. The number of thiol groups is 1. The number of anilines is 1. The second-order valence-electron chi connectivity index (χ2n) is 5.95. The topological polar surface area (TPSA) is 126 Å². The molecule has 5 atom stereocenters. The molecule has 4 heterocycles. The second-order valence-corrected chi connectivity index (χ2v) is 8.77. The van der Waals surface area contributed by atoms with E-state index < -0.39 is 35.4 Å². The van der Waals surface area contributed by atoms with Gasteiger partial charge in [0.25, 0.3) is 0 Å². The predicted octanol–water partition coefficient (Wildman–Crippen LogP) is 0.572. The lowest BCUT2D eigenvalue weighted by molar-refractivity contribution is -0.0511. The molecule has 2 aliphatic heterocycles. The van der Waals surface area contributed by atoms with Gasteiger partial charge in [0.2, 0.25) is 0 Å². The van der Waals surface area contributed by atoms with Gasteiger partial charge in [-0.2, -0.15) is 10.9 Å². The van der Waals surface area contributed by atoms with E-state index in [1.54, 1.807) is 4.57 Å². The maximum atomic E-state index is 10.2. The fourth-order valence-corrected chi connectivity index (χ4v) is 5.45. The van der Waals surface area contributed by atoms with Crippen molar-refractivity contribution in [3.8, 4) is 0 Å². The van der Waals surface area contributed by atoms with Crippen LogP contribution in [0.5, 0.6) is 0 Å². The lowest BCUT2D eigenvalue weighted by Gasteiger charge is -2.16. The van der Waals surface area contributed by atoms with Crippen molar-refractivity contribution in [2.45, 2.75) is 24.5 Å². The molecule has 9 nitrogen and oxygen atoms in total. The Morgan fingerprint density at radius 1 is 1.27 bits per heavy atom. The van der Waals surface area contributed by atoms with Crippen LogP contribution in [0.25, 0.3) is 11.2 Å². The average Bonchev–Trinajstić information content (AvgIpc) is 3.32. The molecule has 2 aromatic heterocycles. The summed E-state index contributed by atoms with van der Waals surface area (Å²) < 4.78 is 8.17. The fraction of sp³-hybridized carbons (Fsp3) is 0.400. The van der Waals surface area contributed by atoms with Gasteiger partial charge in [0.15, 0.2) is 23.2 Å². The number of aromatic nitrogens is 4. The van der Waals surface area contributed by atoms with Crippen molar-refractivity contribution in [2.75, 3.05) is 17.8 Å². The minimum absolute atomic E-state index is 0.386. The van der Waals surface area contributed by atoms with E-state index in [9.17, 15) is 15.3 Å². The van der Waals surface area contributed by atoms with Crippen LogP contribution >= 0.6 is 26.8 Å². The second kappa shape index (κ2) is 7.25. The third-order valence-corrected chi connectivity index (χ3v) is 6.81. The molecule has 4 N–H and O–H groups in total. The number of hydrogen-bond donors (Lipinski definition) is 5. The number of nitrogens with one attached hydrogen (secondary N) is 1. The maximum absolute atomic E-state index is 10.2. The number of fused-ring (bicyclic) bond motifs is 1. The number of aliphatic hydroxyl groups excluding tert-OH is 3. The van der Waals surface area contributed by atoms with Crippen molar-refractivity contribution in [3.05, 3.63) is 34.0 Å². The van der Waals surface area contributed by atoms with E-state index in [2.05, 4.69) is 47.0 Å². The first kappa shape index (κ1) is 17.9. The van der Waals surface area contributed by atoms with Gasteiger partial charge >= 0.3 is 0 Å². The summed E-state index contributed by atoms with van der Waals surface area (Å²) in [4.78, 5) is 12.8. The third kappa shape index (κ3) is 3.15. The number of hydrogen-bond acceptors (Lipinski definition) is 8. The first-order valence-electron chi connectivity index (χ1n) is 7.93. The van der Waals surface area contributed by atoms with Crippen molar-refractivity contribution in [3.63, 3.8) is 0 Å². The number of rotatable bonds is 5. The summed E-state index contributed by atoms with van der Waals surface area (Å²) in [6.07, 6.45) is 0.828. The number of allylic oxidation sites excluding steroid dienone is 2. The fourth-order valence-electron chi connectivity index (χ4n) is 2.95. The van der Waals surface area contributed by atoms with E-state index >= 15 is 0 Å². The van der Waals surface area contributed by atoms with Gasteiger partial charge in [-0.25, -0.2) is 15.0 Å². The zero-order chi connectivity index (χ0) is 18.3. The van der Waals surface area contributed by atoms with Gasteiger partial charge in [-0.3, -0.25) is 4.57 Å². The van der Waals surface area contributed by atoms with Crippen molar-refractivity contribution in [1.82, 2.24) is 19.5 Å². The van der Waals surface area contributed by atoms with Gasteiger partial charge in [0.05, 0.1) is 18.8 Å². The Labute approximate surface area is 159 Å². The normalized spacial score (nSPS) is 32.3. The van der Waals surface area contributed by atoms with Crippen molar-refractivity contribution in [2.24, 2.45) is 0 Å². The molecule has 140 valence electrons. The molecule has 4 rings (SSSR count). The van der Waals surface area contributed by atoms with Crippen LogP contribution in [-0.4, -0.2) is 65.6 Å². The molecular formula is C15H18BrN5O4S. The monoisotopic (exact) mass is 443 g/mol. The first-order chi connectivity index (χ1) is 12.6. The molecule has 2 aromatic rings. The Morgan fingerprint density at radius 2 is 2.12 bits per heavy atom. The van der Waals surface area contributed by atoms with Crippen LogP contribution < -0.4 is 5.32 Å². The van der Waals surface area contributed by atoms with Crippen LogP contribution in [0.4, 0.5) is 5.82 Å². The summed E-state index contributed by atoms with van der Waals surface area (Å²) >= 11 is 3.45. The molecule has 11 heteroatoms. The van der Waals surface area contributed by atoms with Crippen molar-refractivity contribution >= 4 is 43.8 Å². The minimum atomic E-state index is -1.19. The van der Waals surface area contributed by atoms with Gasteiger partial charge < -0.3 is 25.4 Å². The molecule has 0 saturated carbocycles. The Balaban J connectivity index is 1.58. The Morgan fingerprint density at radius 3 is 2.81 bits per heavy atom. The zero-order valence-electron chi connectivity index (χ0n) is 13.5. The largest absolute Gasteiger partial charge is 0.394 e. The highest BCUT2D eigenvalue weighted by molar-refractivity contribution is 9.12. The van der Waals surface area contributed by atoms with Gasteiger partial charge in [-0.1, -0.05) is 15.9 Å². The molecule has 1 fully saturated rings. The van der Waals surface area contributed by atoms with E-state index in [1.165, 1.54) is 12.7 Å². The van der Waals surface area contributed by atoms with Crippen LogP contribution in [-0.2, 0) is 4.74 Å². The minimum Gasteiger partial charge on any atom is -0.394 e. The Bertz CT molecular complexity index is 875. The van der Waals surface area contributed by atoms with Crippen LogP contribution in [0, 0.1) is 0 Å². The molecular weight excluding hydrogens is 426 g/mol. The van der Waals surface area contributed by atoms with Crippen molar-refractivity contribution in [1.29, 1.82) is 0 Å². The highest BCUT2D eigenvalue weighted by Crippen LogP contribution is 2.38. The maximum Gasteiger partial charge on any atom is 0.167 e. The summed E-state index contributed by atoms with van der Waals surface area (Å²) in [6, 6.07) is 0. The Hall–Kier alpha value is -1.50. The molecule has 1 saturated heterocycles. The van der Waals surface area contributed by atoms with Crippen LogP contribution in [0.1, 0.15) is 6.23 Å². The van der Waals surface area contributed by atoms with Gasteiger partial charge in [0.1, 0.15) is 24.6 Å². The standard InChI is InChI=1S/C15H18BrN5O4S/c16-8-1-2-26(4-8)7-20-13-10-14(18-5-17-13)21(6-19-10)15-12(24)11(23)9(3-22)25-15/h1-2,4-6,9,11-12,15,22-24,26H,3,7H2,(H,17,18,20)/t9-,11-,12-,15-/m1/s1. The van der Waals surface area contributed by atoms with Crippen LogP contribution in [0.3, 0.4) is 0 Å². The summed E-state index contributed by atoms with van der Waals surface area (Å²) in [5, 5.41) is 37.0. The number of imidazole rings is 1. The predicted molar refractivity (Wildman–Crippen MR) is 102 cm³/mol. The summed E-state index contributed by atoms with van der Waals surface area (Å²) in [7, 11) is -0.408. The van der Waals surface area contributed by atoms with Crippen molar-refractivity contribution < 1.29 is 20.1 Å². The highest BCUT2D eigenvalue weighted by atomic mass is 79.9. The van der Waals surface area contributed by atoms with E-state index in [-0.39, 0.29) is 6.61 Å². The van der Waals surface area contributed by atoms with Gasteiger partial charge in [0, 0.05) is 4.48 Å². The zero-order valence-corrected chi connectivity index (χ0v) is 16.0. The van der Waals surface area contributed by atoms with E-state index in [0.717, 1.165) is 4.48 Å². The number of halogens is 1. The molecule has 0 bridgehead atoms. The van der Waals surface area contributed by atoms with Gasteiger partial charge in [-0.05, 0) is 16.9 Å². The molecule has 0 spiro atoms. The number of nitrogens with zero attached hydrogens (tertiary/aromatic N) is 4. The lowest BCUT2D eigenvalue weighted by Crippen LogP contribution is -2.33. The third-order valence-electron chi connectivity index (χ3n) is 4.29. The van der Waals surface area contributed by atoms with Crippen LogP contribution in [0.2, 0.25) is 0 Å². The van der Waals surface area contributed by atoms with E-state index in [1.807, 2.05) is 6.08 Å². The SMILES string of the molecule is OC[C@H]1O[C@@H](n2cnc3c(NC[SH]4C=CC(Br)=C4)ncnc32)[C@H](O)[C@@H]1O. The number of aliphatic hydroxyl groups is 3. The van der Waals surface area contributed by atoms with Crippen LogP contribution in [0.15, 0.2) is 34.0 Å². The molecule has 1 unspecified atom stereocenters. The summed E-state index contributed by atoms with van der Waals surface area (Å²) in [5.74, 6) is 1.31. The number of ether oxygens (including phenoxy) is 1. The average molecular weight is 444 g/mol. The molecule has 0 aliphatic carbocycles. The molecule has 0 amide bonds. The Kier molecular flexibility index (Phi) is 4.99. The highest BCUT2D eigenvalue weighted by Gasteiger charge is 2.44. The quantitative estimate of drug-likeness (QED) is 0.424.